The third-order valence-electron chi connectivity index (χ3n) is 4.62. The topological polar surface area (TPSA) is 21.1 Å². The lowest BCUT2D eigenvalue weighted by molar-refractivity contribution is 0.580. The molecule has 1 aliphatic rings. The maximum Gasteiger partial charge on any atom is 0.0568 e. The van der Waals surface area contributed by atoms with Crippen molar-refractivity contribution in [2.75, 3.05) is 11.4 Å². The van der Waals surface area contributed by atoms with Gasteiger partial charge in [-0.25, -0.2) is 0 Å². The van der Waals surface area contributed by atoms with E-state index in [2.05, 4.69) is 55.2 Å². The van der Waals surface area contributed by atoms with E-state index in [1.165, 1.54) is 35.2 Å². The van der Waals surface area contributed by atoms with Gasteiger partial charge in [0.15, 0.2) is 0 Å². The van der Waals surface area contributed by atoms with E-state index in [0.717, 1.165) is 6.54 Å². The fourth-order valence-electron chi connectivity index (χ4n) is 3.44. The number of benzene rings is 1. The molecule has 3 heteroatoms. The average Bonchev–Trinajstić information content (AvgIpc) is 3.03. The van der Waals surface area contributed by atoms with Gasteiger partial charge in [-0.1, -0.05) is 26.3 Å². The molecular weight excluding hydrogens is 258 g/mol. The first kappa shape index (κ1) is 14.2. The zero-order valence-electron chi connectivity index (χ0n) is 13.5. The van der Waals surface area contributed by atoms with Crippen molar-refractivity contribution in [2.24, 2.45) is 7.05 Å². The maximum atomic E-state index is 4.28. The van der Waals surface area contributed by atoms with E-state index in [1.54, 1.807) is 0 Å². The Kier molecular flexibility index (Phi) is 3.75. The summed E-state index contributed by atoms with van der Waals surface area (Å²) in [4.78, 5) is 2.58. The molecule has 0 fully saturated rings. The highest BCUT2D eigenvalue weighted by Gasteiger charge is 2.28. The van der Waals surface area contributed by atoms with Gasteiger partial charge in [-0.15, -0.1) is 0 Å². The van der Waals surface area contributed by atoms with Crippen molar-refractivity contribution in [2.45, 2.75) is 45.6 Å². The molecule has 0 amide bonds. The number of aryl methyl sites for hydroxylation is 1. The molecule has 2 atom stereocenters. The fraction of sp³-hybridized carbons (Fsp3) is 0.500. The third-order valence-corrected chi connectivity index (χ3v) is 4.62. The summed E-state index contributed by atoms with van der Waals surface area (Å²) < 4.78 is 1.86. The van der Waals surface area contributed by atoms with Gasteiger partial charge in [0.1, 0.15) is 0 Å². The second-order valence-corrected chi connectivity index (χ2v) is 6.37. The van der Waals surface area contributed by atoms with Crippen LogP contribution >= 0.6 is 0 Å². The number of hydrogen-bond acceptors (Lipinski definition) is 2. The first-order chi connectivity index (χ1) is 10.1. The molecule has 0 saturated heterocycles. The van der Waals surface area contributed by atoms with Crippen molar-refractivity contribution >= 4 is 5.69 Å². The molecule has 0 spiro atoms. The molecule has 0 N–H and O–H groups in total. The van der Waals surface area contributed by atoms with E-state index in [1.807, 2.05) is 17.9 Å². The van der Waals surface area contributed by atoms with E-state index in [9.17, 15) is 0 Å². The second-order valence-electron chi connectivity index (χ2n) is 6.37. The molecule has 0 bridgehead atoms. The SMILES string of the molecule is CCCC(C)N1CC(C)c2cc(-c3cnn(C)c3)ccc21. The van der Waals surface area contributed by atoms with Gasteiger partial charge in [-0.05, 0) is 36.6 Å². The summed E-state index contributed by atoms with van der Waals surface area (Å²) in [5, 5.41) is 4.28. The highest BCUT2D eigenvalue weighted by atomic mass is 15.2. The lowest BCUT2D eigenvalue weighted by atomic mass is 9.99. The van der Waals surface area contributed by atoms with Crippen molar-refractivity contribution in [3.8, 4) is 11.1 Å². The molecule has 1 aromatic carbocycles. The molecule has 0 radical (unpaired) electrons. The minimum absolute atomic E-state index is 0.607. The highest BCUT2D eigenvalue weighted by Crippen LogP contribution is 2.40. The molecule has 0 saturated carbocycles. The van der Waals surface area contributed by atoms with Crippen molar-refractivity contribution in [3.63, 3.8) is 0 Å². The third kappa shape index (κ3) is 2.57. The molecule has 0 aliphatic carbocycles. The first-order valence-electron chi connectivity index (χ1n) is 7.99. The summed E-state index contributed by atoms with van der Waals surface area (Å²) in [6.45, 7) is 8.10. The normalized spacial score (nSPS) is 18.9. The molecule has 112 valence electrons. The molecule has 2 aromatic rings. The Hall–Kier alpha value is -1.77. The van der Waals surface area contributed by atoms with E-state index in [-0.39, 0.29) is 0 Å². The van der Waals surface area contributed by atoms with Crippen LogP contribution in [0.5, 0.6) is 0 Å². The lowest BCUT2D eigenvalue weighted by Crippen LogP contribution is -2.31. The average molecular weight is 283 g/mol. The second kappa shape index (κ2) is 5.55. The Bertz CT molecular complexity index is 629. The molecule has 1 aromatic heterocycles. The largest absolute Gasteiger partial charge is 0.368 e. The predicted molar refractivity (Wildman–Crippen MR) is 88.8 cm³/mol. The molecule has 2 unspecified atom stereocenters. The molecular formula is C18H25N3. The monoisotopic (exact) mass is 283 g/mol. The quantitative estimate of drug-likeness (QED) is 0.838. The zero-order chi connectivity index (χ0) is 15.0. The summed E-state index contributed by atoms with van der Waals surface area (Å²) in [6, 6.07) is 7.52. The summed E-state index contributed by atoms with van der Waals surface area (Å²) >= 11 is 0. The van der Waals surface area contributed by atoms with Gasteiger partial charge in [0.2, 0.25) is 0 Å². The van der Waals surface area contributed by atoms with Crippen molar-refractivity contribution in [1.82, 2.24) is 9.78 Å². The summed E-state index contributed by atoms with van der Waals surface area (Å²) in [5.74, 6) is 0.607. The summed E-state index contributed by atoms with van der Waals surface area (Å²) in [6.07, 6.45) is 6.53. The van der Waals surface area contributed by atoms with Crippen LogP contribution in [-0.2, 0) is 7.05 Å². The van der Waals surface area contributed by atoms with Gasteiger partial charge in [-0.2, -0.15) is 5.10 Å². The van der Waals surface area contributed by atoms with Gasteiger partial charge in [0.05, 0.1) is 6.20 Å². The standard InChI is InChI=1S/C18H25N3/c1-5-6-14(3)21-11-13(2)17-9-15(7-8-18(17)21)16-10-19-20(4)12-16/h7-10,12-14H,5-6,11H2,1-4H3. The highest BCUT2D eigenvalue weighted by molar-refractivity contribution is 5.71. The van der Waals surface area contributed by atoms with Crippen molar-refractivity contribution < 1.29 is 0 Å². The fourth-order valence-corrected chi connectivity index (χ4v) is 3.44. The number of anilines is 1. The van der Waals surface area contributed by atoms with Crippen LogP contribution in [0, 0.1) is 0 Å². The van der Waals surface area contributed by atoms with Crippen molar-refractivity contribution in [3.05, 3.63) is 36.2 Å². The smallest absolute Gasteiger partial charge is 0.0568 e. The van der Waals surface area contributed by atoms with Crippen LogP contribution in [0.15, 0.2) is 30.6 Å². The van der Waals surface area contributed by atoms with E-state index >= 15 is 0 Å². The Morgan fingerprint density at radius 3 is 2.81 bits per heavy atom. The Morgan fingerprint density at radius 1 is 1.33 bits per heavy atom. The Morgan fingerprint density at radius 2 is 2.14 bits per heavy atom. The van der Waals surface area contributed by atoms with Gasteiger partial charge in [0, 0.05) is 43.0 Å². The molecule has 3 rings (SSSR count). The van der Waals surface area contributed by atoms with Gasteiger partial charge in [-0.3, -0.25) is 4.68 Å². The molecule has 2 heterocycles. The van der Waals surface area contributed by atoms with Crippen LogP contribution in [0.2, 0.25) is 0 Å². The summed E-state index contributed by atoms with van der Waals surface area (Å²) in [5.41, 5.74) is 5.39. The van der Waals surface area contributed by atoms with Crippen LogP contribution in [-0.4, -0.2) is 22.4 Å². The van der Waals surface area contributed by atoms with Crippen LogP contribution in [0.4, 0.5) is 5.69 Å². The minimum atomic E-state index is 0.607. The number of fused-ring (bicyclic) bond motifs is 1. The van der Waals surface area contributed by atoms with Crippen molar-refractivity contribution in [1.29, 1.82) is 0 Å². The van der Waals surface area contributed by atoms with Crippen LogP contribution in [0.1, 0.15) is 45.1 Å². The Balaban J connectivity index is 1.94. The summed E-state index contributed by atoms with van der Waals surface area (Å²) in [7, 11) is 1.97. The minimum Gasteiger partial charge on any atom is -0.368 e. The number of nitrogens with zero attached hydrogens (tertiary/aromatic N) is 3. The first-order valence-corrected chi connectivity index (χ1v) is 7.99. The van der Waals surface area contributed by atoms with E-state index in [0.29, 0.717) is 12.0 Å². The van der Waals surface area contributed by atoms with Gasteiger partial charge < -0.3 is 4.90 Å². The van der Waals surface area contributed by atoms with Gasteiger partial charge in [0.25, 0.3) is 0 Å². The molecule has 21 heavy (non-hydrogen) atoms. The number of hydrogen-bond donors (Lipinski definition) is 0. The van der Waals surface area contributed by atoms with Crippen LogP contribution in [0.25, 0.3) is 11.1 Å². The lowest BCUT2D eigenvalue weighted by Gasteiger charge is -2.27. The maximum absolute atomic E-state index is 4.28. The van der Waals surface area contributed by atoms with Crippen LogP contribution < -0.4 is 4.90 Å². The molecule has 1 aliphatic heterocycles. The molecule has 3 nitrogen and oxygen atoms in total. The number of aromatic nitrogens is 2. The Labute approximate surface area is 127 Å². The van der Waals surface area contributed by atoms with E-state index < -0.39 is 0 Å². The van der Waals surface area contributed by atoms with Gasteiger partial charge >= 0.3 is 0 Å². The number of rotatable bonds is 4. The zero-order valence-corrected chi connectivity index (χ0v) is 13.5. The van der Waals surface area contributed by atoms with E-state index in [4.69, 9.17) is 0 Å². The van der Waals surface area contributed by atoms with Crippen LogP contribution in [0.3, 0.4) is 0 Å². The predicted octanol–water partition coefficient (Wildman–Crippen LogP) is 4.20.